The summed E-state index contributed by atoms with van der Waals surface area (Å²) in [4.78, 5) is 12.8. The molecular formula is C24H20ClF2N5O4. The van der Waals surface area contributed by atoms with Gasteiger partial charge in [-0.15, -0.1) is 0 Å². The Kier molecular flexibility index (Phi) is 7.52. The van der Waals surface area contributed by atoms with Crippen molar-refractivity contribution in [3.05, 3.63) is 88.6 Å². The number of rotatable bonds is 8. The van der Waals surface area contributed by atoms with Crippen molar-refractivity contribution in [2.45, 2.75) is 6.61 Å². The summed E-state index contributed by atoms with van der Waals surface area (Å²) in [6, 6.07) is 12.7. The van der Waals surface area contributed by atoms with Crippen molar-refractivity contribution in [3.8, 4) is 11.5 Å². The fraction of sp³-hybridized carbons (Fsp3) is 0.0833. The van der Waals surface area contributed by atoms with Crippen LogP contribution in [0.1, 0.15) is 15.9 Å². The van der Waals surface area contributed by atoms with Crippen molar-refractivity contribution in [2.75, 3.05) is 11.9 Å². The Bertz CT molecular complexity index is 1440. The topological polar surface area (TPSA) is 137 Å². The van der Waals surface area contributed by atoms with Gasteiger partial charge in [0.05, 0.1) is 10.6 Å². The second-order valence-electron chi connectivity index (χ2n) is 7.44. The molecule has 0 fully saturated rings. The Balaban J connectivity index is 1.41. The summed E-state index contributed by atoms with van der Waals surface area (Å²) in [5.74, 6) is 9.36. The number of anilines is 1. The van der Waals surface area contributed by atoms with Crippen molar-refractivity contribution in [1.82, 2.24) is 5.43 Å². The first-order valence-corrected chi connectivity index (χ1v) is 10.8. The molecule has 4 rings (SSSR count). The van der Waals surface area contributed by atoms with E-state index in [0.717, 1.165) is 12.1 Å². The van der Waals surface area contributed by atoms with Crippen LogP contribution < -0.4 is 31.9 Å². The summed E-state index contributed by atoms with van der Waals surface area (Å²) >= 11 is 5.97. The molecule has 0 unspecified atom stereocenters. The Morgan fingerprint density at radius 1 is 1.08 bits per heavy atom. The molecule has 0 aliphatic rings. The standard InChI is InChI=1S/C24H20ClF2N5O4/c25-19-7-14(26)2-1-13(19)10-35-21-6-3-15(8-20(21)27)30-24(33)18-11-36-22-9-16(4-5-17(18)22)34-12-23(31-28)32-29/h1-9,11H,10,12,28-29H2,(H,30,33)(H,31,32). The van der Waals surface area contributed by atoms with Crippen LogP contribution in [0.5, 0.6) is 11.5 Å². The van der Waals surface area contributed by atoms with E-state index in [-0.39, 0.29) is 41.1 Å². The molecule has 9 nitrogen and oxygen atoms in total. The molecule has 186 valence electrons. The lowest BCUT2D eigenvalue weighted by molar-refractivity contribution is 0.102. The van der Waals surface area contributed by atoms with E-state index in [1.165, 1.54) is 30.5 Å². The van der Waals surface area contributed by atoms with Crippen molar-refractivity contribution in [2.24, 2.45) is 16.8 Å². The Morgan fingerprint density at radius 2 is 1.92 bits per heavy atom. The van der Waals surface area contributed by atoms with Crippen LogP contribution in [0.15, 0.2) is 70.4 Å². The van der Waals surface area contributed by atoms with Crippen LogP contribution in [0.4, 0.5) is 14.5 Å². The summed E-state index contributed by atoms with van der Waals surface area (Å²) in [7, 11) is 0. The number of nitrogens with zero attached hydrogens (tertiary/aromatic N) is 1. The lowest BCUT2D eigenvalue weighted by Crippen LogP contribution is -2.35. The third-order valence-corrected chi connectivity index (χ3v) is 5.43. The molecule has 0 saturated carbocycles. The van der Waals surface area contributed by atoms with E-state index in [4.69, 9.17) is 37.2 Å². The number of hydrogen-bond acceptors (Lipinski definition) is 7. The molecule has 0 bridgehead atoms. The number of hydrazone groups is 1. The number of furan rings is 1. The maximum Gasteiger partial charge on any atom is 0.259 e. The Labute approximate surface area is 208 Å². The van der Waals surface area contributed by atoms with Crippen molar-refractivity contribution in [3.63, 3.8) is 0 Å². The smallest absolute Gasteiger partial charge is 0.259 e. The first kappa shape index (κ1) is 24.8. The zero-order valence-corrected chi connectivity index (χ0v) is 19.3. The van der Waals surface area contributed by atoms with Crippen LogP contribution in [0.2, 0.25) is 5.02 Å². The summed E-state index contributed by atoms with van der Waals surface area (Å²) in [5, 5.41) is 6.75. The summed E-state index contributed by atoms with van der Waals surface area (Å²) < 4.78 is 44.2. The zero-order chi connectivity index (χ0) is 25.7. The van der Waals surface area contributed by atoms with Gasteiger partial charge in [0.15, 0.2) is 17.4 Å². The summed E-state index contributed by atoms with van der Waals surface area (Å²) in [5.41, 5.74) is 3.66. The highest BCUT2D eigenvalue weighted by atomic mass is 35.5. The highest BCUT2D eigenvalue weighted by Gasteiger charge is 2.16. The van der Waals surface area contributed by atoms with Gasteiger partial charge in [-0.3, -0.25) is 4.79 Å². The minimum absolute atomic E-state index is 0.00870. The fourth-order valence-corrected chi connectivity index (χ4v) is 3.45. The molecule has 0 atom stereocenters. The maximum absolute atomic E-state index is 14.6. The van der Waals surface area contributed by atoms with E-state index >= 15 is 0 Å². The minimum atomic E-state index is -0.697. The third-order valence-electron chi connectivity index (χ3n) is 5.08. The molecule has 0 radical (unpaired) electrons. The van der Waals surface area contributed by atoms with Crippen molar-refractivity contribution >= 4 is 40.0 Å². The number of amides is 1. The van der Waals surface area contributed by atoms with Gasteiger partial charge in [-0.05, 0) is 36.4 Å². The first-order valence-electron chi connectivity index (χ1n) is 10.4. The highest BCUT2D eigenvalue weighted by Crippen LogP contribution is 2.28. The van der Waals surface area contributed by atoms with Crippen LogP contribution in [0.3, 0.4) is 0 Å². The predicted molar refractivity (Wildman–Crippen MR) is 131 cm³/mol. The quantitative estimate of drug-likeness (QED) is 0.119. The molecule has 0 aliphatic heterocycles. The molecule has 6 N–H and O–H groups in total. The second-order valence-corrected chi connectivity index (χ2v) is 7.85. The van der Waals surface area contributed by atoms with Gasteiger partial charge in [0.1, 0.15) is 36.6 Å². The van der Waals surface area contributed by atoms with Gasteiger partial charge >= 0.3 is 0 Å². The number of carbonyl (C=O) groups is 1. The number of benzene rings is 3. The van der Waals surface area contributed by atoms with Gasteiger partial charge in [0.2, 0.25) is 0 Å². The molecule has 0 aliphatic carbocycles. The van der Waals surface area contributed by atoms with Gasteiger partial charge < -0.3 is 30.5 Å². The molecule has 1 amide bonds. The molecule has 1 aromatic heterocycles. The third kappa shape index (κ3) is 5.65. The largest absolute Gasteiger partial charge is 0.486 e. The van der Waals surface area contributed by atoms with E-state index < -0.39 is 17.5 Å². The van der Waals surface area contributed by atoms with Gasteiger partial charge in [0.25, 0.3) is 5.91 Å². The second kappa shape index (κ2) is 10.9. The van der Waals surface area contributed by atoms with Gasteiger partial charge in [-0.25, -0.2) is 14.6 Å². The summed E-state index contributed by atoms with van der Waals surface area (Å²) in [6.45, 7) is -0.0493. The predicted octanol–water partition coefficient (Wildman–Crippen LogP) is 4.31. The number of hydrogen-bond donors (Lipinski definition) is 4. The number of halogens is 3. The van der Waals surface area contributed by atoms with Gasteiger partial charge in [-0.2, -0.15) is 5.10 Å². The number of hydrazine groups is 1. The van der Waals surface area contributed by atoms with E-state index in [1.807, 2.05) is 0 Å². The number of carbonyl (C=O) groups excluding carboxylic acids is 1. The molecule has 0 saturated heterocycles. The SMILES string of the molecule is N/N=C(/COc1ccc2c(C(=O)Nc3ccc(OCc4ccc(F)cc4Cl)c(F)c3)coc2c1)NN. The Hall–Kier alpha value is -4.35. The van der Waals surface area contributed by atoms with E-state index in [0.29, 0.717) is 22.3 Å². The molecule has 1 heterocycles. The average Bonchev–Trinajstić information content (AvgIpc) is 3.28. The van der Waals surface area contributed by atoms with Crippen LogP contribution in [-0.2, 0) is 6.61 Å². The lowest BCUT2D eigenvalue weighted by Gasteiger charge is -2.10. The van der Waals surface area contributed by atoms with Crippen molar-refractivity contribution in [1.29, 1.82) is 0 Å². The number of ether oxygens (including phenoxy) is 2. The lowest BCUT2D eigenvalue weighted by atomic mass is 10.1. The zero-order valence-electron chi connectivity index (χ0n) is 18.6. The number of amidine groups is 1. The molecular weight excluding hydrogens is 496 g/mol. The number of nitrogens with one attached hydrogen (secondary N) is 2. The van der Waals surface area contributed by atoms with Gasteiger partial charge in [-0.1, -0.05) is 17.7 Å². The van der Waals surface area contributed by atoms with E-state index in [1.54, 1.807) is 18.2 Å². The molecule has 12 heteroatoms. The monoisotopic (exact) mass is 515 g/mol. The van der Waals surface area contributed by atoms with E-state index in [9.17, 15) is 13.6 Å². The van der Waals surface area contributed by atoms with Crippen LogP contribution >= 0.6 is 11.6 Å². The maximum atomic E-state index is 14.6. The molecule has 0 spiro atoms. The van der Waals surface area contributed by atoms with E-state index in [2.05, 4.69) is 15.8 Å². The molecule has 36 heavy (non-hydrogen) atoms. The van der Waals surface area contributed by atoms with Crippen LogP contribution in [0, 0.1) is 11.6 Å². The van der Waals surface area contributed by atoms with Crippen LogP contribution in [-0.4, -0.2) is 18.3 Å². The average molecular weight is 516 g/mol. The van der Waals surface area contributed by atoms with Crippen LogP contribution in [0.25, 0.3) is 11.0 Å². The minimum Gasteiger partial charge on any atom is -0.486 e. The first-order chi connectivity index (χ1) is 17.4. The normalized spacial score (nSPS) is 11.4. The fourth-order valence-electron chi connectivity index (χ4n) is 3.23. The number of nitrogens with two attached hydrogens (primary N) is 2. The highest BCUT2D eigenvalue weighted by molar-refractivity contribution is 6.31. The molecule has 4 aromatic rings. The van der Waals surface area contributed by atoms with Crippen molar-refractivity contribution < 1.29 is 27.5 Å². The number of fused-ring (bicyclic) bond motifs is 1. The Morgan fingerprint density at radius 3 is 2.64 bits per heavy atom. The molecule has 3 aromatic carbocycles. The summed E-state index contributed by atoms with van der Waals surface area (Å²) in [6.07, 6.45) is 1.29. The van der Waals surface area contributed by atoms with Gasteiger partial charge in [0, 0.05) is 28.8 Å².